The summed E-state index contributed by atoms with van der Waals surface area (Å²) in [7, 11) is 0. The second-order valence-electron chi connectivity index (χ2n) is 6.27. The van der Waals surface area contributed by atoms with Gasteiger partial charge in [0.1, 0.15) is 5.82 Å². The fraction of sp³-hybridized carbons (Fsp3) is 0.706. The molecule has 2 aliphatic rings. The molecule has 1 N–H and O–H groups in total. The van der Waals surface area contributed by atoms with Crippen molar-refractivity contribution in [3.8, 4) is 0 Å². The van der Waals surface area contributed by atoms with Crippen LogP contribution in [-0.2, 0) is 11.3 Å². The monoisotopic (exact) mass is 289 g/mol. The Balaban J connectivity index is 1.61. The van der Waals surface area contributed by atoms with E-state index in [-0.39, 0.29) is 0 Å². The first-order chi connectivity index (χ1) is 10.2. The molecule has 3 rings (SSSR count). The number of pyridine rings is 1. The van der Waals surface area contributed by atoms with Gasteiger partial charge in [0, 0.05) is 38.0 Å². The third kappa shape index (κ3) is 4.17. The molecule has 4 nitrogen and oxygen atoms in total. The molecule has 0 radical (unpaired) electrons. The Labute approximate surface area is 127 Å². The summed E-state index contributed by atoms with van der Waals surface area (Å²) in [4.78, 5) is 7.13. The molecule has 0 spiro atoms. The van der Waals surface area contributed by atoms with Gasteiger partial charge in [-0.05, 0) is 57.2 Å². The van der Waals surface area contributed by atoms with Gasteiger partial charge in [0.15, 0.2) is 0 Å². The van der Waals surface area contributed by atoms with Crippen molar-refractivity contribution in [3.63, 3.8) is 0 Å². The number of anilines is 1. The summed E-state index contributed by atoms with van der Waals surface area (Å²) in [6, 6.07) is 5.21. The molecule has 4 heteroatoms. The van der Waals surface area contributed by atoms with Gasteiger partial charge in [0.2, 0.25) is 0 Å². The van der Waals surface area contributed by atoms with Gasteiger partial charge >= 0.3 is 0 Å². The van der Waals surface area contributed by atoms with Crippen LogP contribution in [0.2, 0.25) is 0 Å². The number of piperidine rings is 1. The second-order valence-corrected chi connectivity index (χ2v) is 6.27. The number of hydrogen-bond donors (Lipinski definition) is 1. The normalized spacial score (nSPS) is 20.0. The maximum Gasteiger partial charge on any atom is 0.129 e. The number of ether oxygens (including phenoxy) is 1. The summed E-state index contributed by atoms with van der Waals surface area (Å²) in [6.45, 7) is 8.07. The highest BCUT2D eigenvalue weighted by molar-refractivity contribution is 5.43. The highest BCUT2D eigenvalue weighted by atomic mass is 16.5. The Morgan fingerprint density at radius 2 is 2.00 bits per heavy atom. The van der Waals surface area contributed by atoms with E-state index in [2.05, 4.69) is 36.2 Å². The highest BCUT2D eigenvalue weighted by Crippen LogP contribution is 2.23. The van der Waals surface area contributed by atoms with Gasteiger partial charge < -0.3 is 15.0 Å². The van der Waals surface area contributed by atoms with Gasteiger partial charge in [0.25, 0.3) is 0 Å². The van der Waals surface area contributed by atoms with Crippen LogP contribution < -0.4 is 10.2 Å². The summed E-state index contributed by atoms with van der Waals surface area (Å²) in [5, 5.41) is 3.59. The predicted octanol–water partition coefficient (Wildman–Crippen LogP) is 2.65. The molecule has 1 aromatic rings. The van der Waals surface area contributed by atoms with Crippen LogP contribution in [0.4, 0.5) is 5.82 Å². The van der Waals surface area contributed by atoms with E-state index < -0.39 is 0 Å². The average Bonchev–Trinajstić information content (AvgIpc) is 3.30. The topological polar surface area (TPSA) is 37.4 Å². The summed E-state index contributed by atoms with van der Waals surface area (Å²) in [5.41, 5.74) is 2.48. The SMILES string of the molecule is CCOC1CCN(c2cc(CNC3CC3)cc(C)n2)CC1. The minimum Gasteiger partial charge on any atom is -0.378 e. The number of hydrogen-bond acceptors (Lipinski definition) is 4. The number of aryl methyl sites for hydroxylation is 1. The molecular weight excluding hydrogens is 262 g/mol. The quantitative estimate of drug-likeness (QED) is 0.873. The van der Waals surface area contributed by atoms with Gasteiger partial charge in [-0.1, -0.05) is 0 Å². The molecule has 0 atom stereocenters. The Morgan fingerprint density at radius 1 is 1.24 bits per heavy atom. The molecule has 0 aromatic carbocycles. The summed E-state index contributed by atoms with van der Waals surface area (Å²) < 4.78 is 5.73. The fourth-order valence-corrected chi connectivity index (χ4v) is 3.02. The van der Waals surface area contributed by atoms with E-state index in [0.717, 1.165) is 56.6 Å². The first-order valence-corrected chi connectivity index (χ1v) is 8.32. The number of aromatic nitrogens is 1. The van der Waals surface area contributed by atoms with E-state index in [4.69, 9.17) is 9.72 Å². The summed E-state index contributed by atoms with van der Waals surface area (Å²) in [5.74, 6) is 1.14. The van der Waals surface area contributed by atoms with E-state index in [1.807, 2.05) is 0 Å². The lowest BCUT2D eigenvalue weighted by Gasteiger charge is -2.33. The molecule has 1 saturated carbocycles. The predicted molar refractivity (Wildman–Crippen MR) is 85.7 cm³/mol. The molecule has 21 heavy (non-hydrogen) atoms. The maximum absolute atomic E-state index is 5.73. The Bertz CT molecular complexity index is 465. The van der Waals surface area contributed by atoms with Gasteiger partial charge in [-0.3, -0.25) is 0 Å². The number of nitrogens with one attached hydrogen (secondary N) is 1. The van der Waals surface area contributed by atoms with Crippen molar-refractivity contribution in [2.45, 2.75) is 58.2 Å². The van der Waals surface area contributed by atoms with Crippen molar-refractivity contribution in [2.75, 3.05) is 24.6 Å². The third-order valence-electron chi connectivity index (χ3n) is 4.34. The minimum atomic E-state index is 0.437. The summed E-state index contributed by atoms with van der Waals surface area (Å²) >= 11 is 0. The molecule has 2 heterocycles. The zero-order valence-electron chi connectivity index (χ0n) is 13.3. The minimum absolute atomic E-state index is 0.437. The van der Waals surface area contributed by atoms with Crippen molar-refractivity contribution < 1.29 is 4.74 Å². The molecule has 1 saturated heterocycles. The van der Waals surface area contributed by atoms with Gasteiger partial charge in [-0.25, -0.2) is 4.98 Å². The van der Waals surface area contributed by atoms with Crippen molar-refractivity contribution in [2.24, 2.45) is 0 Å². The molecular formula is C17H27N3O. The molecule has 0 amide bonds. The molecule has 2 fully saturated rings. The Morgan fingerprint density at radius 3 is 2.67 bits per heavy atom. The van der Waals surface area contributed by atoms with E-state index in [1.54, 1.807) is 0 Å². The van der Waals surface area contributed by atoms with Crippen molar-refractivity contribution in [1.29, 1.82) is 0 Å². The molecule has 116 valence electrons. The van der Waals surface area contributed by atoms with Gasteiger partial charge in [0.05, 0.1) is 6.10 Å². The molecule has 0 unspecified atom stereocenters. The number of nitrogens with zero attached hydrogens (tertiary/aromatic N) is 2. The highest BCUT2D eigenvalue weighted by Gasteiger charge is 2.22. The van der Waals surface area contributed by atoms with Crippen molar-refractivity contribution in [3.05, 3.63) is 23.4 Å². The van der Waals surface area contributed by atoms with Gasteiger partial charge in [-0.15, -0.1) is 0 Å². The van der Waals surface area contributed by atoms with Crippen LogP contribution >= 0.6 is 0 Å². The lowest BCUT2D eigenvalue weighted by molar-refractivity contribution is 0.0458. The lowest BCUT2D eigenvalue weighted by Crippen LogP contribution is -2.37. The first-order valence-electron chi connectivity index (χ1n) is 8.32. The van der Waals surface area contributed by atoms with E-state index >= 15 is 0 Å². The van der Waals surface area contributed by atoms with E-state index in [9.17, 15) is 0 Å². The molecule has 1 aromatic heterocycles. The molecule has 1 aliphatic heterocycles. The van der Waals surface area contributed by atoms with Crippen molar-refractivity contribution in [1.82, 2.24) is 10.3 Å². The smallest absolute Gasteiger partial charge is 0.129 e. The second kappa shape index (κ2) is 6.75. The third-order valence-corrected chi connectivity index (χ3v) is 4.34. The maximum atomic E-state index is 5.73. The van der Waals surface area contributed by atoms with Crippen LogP contribution in [0.3, 0.4) is 0 Å². The van der Waals surface area contributed by atoms with Crippen LogP contribution in [0.5, 0.6) is 0 Å². The number of rotatable bonds is 6. The zero-order chi connectivity index (χ0) is 14.7. The van der Waals surface area contributed by atoms with E-state index in [1.165, 1.54) is 18.4 Å². The lowest BCUT2D eigenvalue weighted by atomic mass is 10.1. The van der Waals surface area contributed by atoms with Crippen molar-refractivity contribution >= 4 is 5.82 Å². The summed E-state index contributed by atoms with van der Waals surface area (Å²) in [6.07, 6.45) is 5.33. The van der Waals surface area contributed by atoms with Crippen LogP contribution in [0.15, 0.2) is 12.1 Å². The van der Waals surface area contributed by atoms with Gasteiger partial charge in [-0.2, -0.15) is 0 Å². The first kappa shape index (κ1) is 14.8. The van der Waals surface area contributed by atoms with Crippen LogP contribution in [0, 0.1) is 6.92 Å². The fourth-order valence-electron chi connectivity index (χ4n) is 3.02. The molecule has 1 aliphatic carbocycles. The Hall–Kier alpha value is -1.13. The largest absolute Gasteiger partial charge is 0.378 e. The van der Waals surface area contributed by atoms with Crippen LogP contribution in [-0.4, -0.2) is 36.8 Å². The van der Waals surface area contributed by atoms with Crippen LogP contribution in [0.1, 0.15) is 43.9 Å². The zero-order valence-corrected chi connectivity index (χ0v) is 13.3. The standard InChI is InChI=1S/C17H27N3O/c1-3-21-16-6-8-20(9-7-16)17-11-14(10-13(2)19-17)12-18-15-4-5-15/h10-11,15-16,18H,3-9,12H2,1-2H3. The molecule has 0 bridgehead atoms. The van der Waals surface area contributed by atoms with Crippen LogP contribution in [0.25, 0.3) is 0 Å². The van der Waals surface area contributed by atoms with E-state index in [0.29, 0.717) is 6.10 Å². The Kier molecular flexibility index (Phi) is 4.76. The average molecular weight is 289 g/mol.